The third kappa shape index (κ3) is 2.99. The van der Waals surface area contributed by atoms with Crippen molar-refractivity contribution in [3.8, 4) is 0 Å². The van der Waals surface area contributed by atoms with E-state index in [1.807, 2.05) is 31.2 Å². The van der Waals surface area contributed by atoms with Gasteiger partial charge in [0.15, 0.2) is 6.10 Å². The molecule has 4 nitrogen and oxygen atoms in total. The zero-order chi connectivity index (χ0) is 17.4. The van der Waals surface area contributed by atoms with Gasteiger partial charge in [0.05, 0.1) is 5.71 Å². The van der Waals surface area contributed by atoms with E-state index < -0.39 is 11.6 Å². The van der Waals surface area contributed by atoms with Gasteiger partial charge in [0, 0.05) is 6.42 Å². The molecule has 0 aliphatic carbocycles. The lowest BCUT2D eigenvalue weighted by Gasteiger charge is -2.10. The second-order valence-corrected chi connectivity index (χ2v) is 6.15. The summed E-state index contributed by atoms with van der Waals surface area (Å²) < 4.78 is 33.2. The minimum Gasteiger partial charge on any atom is -0.475 e. The molecule has 2 aliphatic heterocycles. The van der Waals surface area contributed by atoms with E-state index in [1.165, 1.54) is 18.2 Å². The Bertz CT molecular complexity index is 842. The van der Waals surface area contributed by atoms with Crippen LogP contribution < -0.4 is 0 Å². The minimum atomic E-state index is -0.677. The highest BCUT2D eigenvalue weighted by atomic mass is 19.1. The molecule has 2 aromatic rings. The molecule has 0 aromatic heterocycles. The summed E-state index contributed by atoms with van der Waals surface area (Å²) in [5, 5.41) is 3.96. The summed E-state index contributed by atoms with van der Waals surface area (Å²) in [7, 11) is 0. The van der Waals surface area contributed by atoms with Gasteiger partial charge in [-0.2, -0.15) is 0 Å². The zero-order valence-electron chi connectivity index (χ0n) is 13.6. The van der Waals surface area contributed by atoms with Crippen LogP contribution in [0.2, 0.25) is 0 Å². The first-order chi connectivity index (χ1) is 12.1. The van der Waals surface area contributed by atoms with E-state index in [0.717, 1.165) is 23.3 Å². The number of ether oxygens (including phenoxy) is 1. The highest BCUT2D eigenvalue weighted by Crippen LogP contribution is 2.31. The average Bonchev–Trinajstić information content (AvgIpc) is 3.24. The van der Waals surface area contributed by atoms with Crippen molar-refractivity contribution >= 4 is 11.6 Å². The molecule has 0 N–H and O–H groups in total. The predicted octanol–water partition coefficient (Wildman–Crippen LogP) is 4.32. The number of benzene rings is 2. The second-order valence-electron chi connectivity index (χ2n) is 6.15. The quantitative estimate of drug-likeness (QED) is 0.834. The number of halogens is 2. The van der Waals surface area contributed by atoms with Crippen LogP contribution in [-0.4, -0.2) is 18.2 Å². The summed E-state index contributed by atoms with van der Waals surface area (Å²) in [6.45, 7) is 2.19. The fraction of sp³-hybridized carbons (Fsp3) is 0.263. The van der Waals surface area contributed by atoms with Gasteiger partial charge in [0.1, 0.15) is 29.8 Å². The van der Waals surface area contributed by atoms with Crippen molar-refractivity contribution < 1.29 is 18.4 Å². The predicted molar refractivity (Wildman–Crippen MR) is 89.6 cm³/mol. The van der Waals surface area contributed by atoms with Crippen molar-refractivity contribution in [1.82, 2.24) is 0 Å². The molecule has 2 heterocycles. The molecule has 0 bridgehead atoms. The molecule has 0 saturated carbocycles. The van der Waals surface area contributed by atoms with Gasteiger partial charge in [-0.25, -0.2) is 13.8 Å². The first-order valence-electron chi connectivity index (χ1n) is 8.06. The highest BCUT2D eigenvalue weighted by molar-refractivity contribution is 5.95. The van der Waals surface area contributed by atoms with Crippen LogP contribution in [0.3, 0.4) is 0 Å². The van der Waals surface area contributed by atoms with Gasteiger partial charge in [-0.15, -0.1) is 0 Å². The smallest absolute Gasteiger partial charge is 0.222 e. The number of aliphatic imine (C=N–C) groups is 1. The molecule has 0 amide bonds. The summed E-state index contributed by atoms with van der Waals surface area (Å²) >= 11 is 0. The number of hydrogen-bond acceptors (Lipinski definition) is 4. The summed E-state index contributed by atoms with van der Waals surface area (Å²) in [6.07, 6.45) is 0.723. The normalized spacial score (nSPS) is 22.2. The number of hydrogen-bond donors (Lipinski definition) is 0. The van der Waals surface area contributed by atoms with Crippen molar-refractivity contribution in [2.75, 3.05) is 6.61 Å². The molecular formula is C19H16F2N2O2. The summed E-state index contributed by atoms with van der Waals surface area (Å²) in [6, 6.07) is 11.2. The Morgan fingerprint density at radius 3 is 2.32 bits per heavy atom. The van der Waals surface area contributed by atoms with E-state index in [9.17, 15) is 8.78 Å². The molecule has 2 aliphatic rings. The number of rotatable bonds is 3. The lowest BCUT2D eigenvalue weighted by Crippen LogP contribution is -2.07. The summed E-state index contributed by atoms with van der Waals surface area (Å²) in [5.74, 6) is -1.35. The molecule has 0 radical (unpaired) electrons. The SMILES string of the molecule is CC1=NOC(c2ccc(C3COC(c4c(F)cccc4F)=N3)cc2)C1. The Balaban J connectivity index is 1.54. The average molecular weight is 342 g/mol. The Labute approximate surface area is 143 Å². The van der Waals surface area contributed by atoms with Crippen molar-refractivity contribution in [1.29, 1.82) is 0 Å². The van der Waals surface area contributed by atoms with Gasteiger partial charge in [-0.05, 0) is 30.2 Å². The molecule has 0 saturated heterocycles. The van der Waals surface area contributed by atoms with Crippen molar-refractivity contribution in [3.63, 3.8) is 0 Å². The Hall–Kier alpha value is -2.76. The Morgan fingerprint density at radius 2 is 1.68 bits per heavy atom. The molecule has 2 unspecified atom stereocenters. The monoisotopic (exact) mass is 342 g/mol. The summed E-state index contributed by atoms with van der Waals surface area (Å²) in [5.41, 5.74) is 2.71. The van der Waals surface area contributed by atoms with E-state index in [-0.39, 0.29) is 30.2 Å². The maximum absolute atomic E-state index is 13.9. The molecule has 0 spiro atoms. The molecule has 0 fully saturated rings. The van der Waals surface area contributed by atoms with Gasteiger partial charge < -0.3 is 9.57 Å². The van der Waals surface area contributed by atoms with Crippen molar-refractivity contribution in [2.45, 2.75) is 25.5 Å². The Kier molecular flexibility index (Phi) is 3.95. The van der Waals surface area contributed by atoms with Gasteiger partial charge in [-0.3, -0.25) is 0 Å². The number of nitrogens with zero attached hydrogens (tertiary/aromatic N) is 2. The van der Waals surface area contributed by atoms with Crippen LogP contribution >= 0.6 is 0 Å². The third-order valence-corrected chi connectivity index (χ3v) is 4.34. The first-order valence-corrected chi connectivity index (χ1v) is 8.06. The van der Waals surface area contributed by atoms with Crippen LogP contribution in [0.5, 0.6) is 0 Å². The molecular weight excluding hydrogens is 326 g/mol. The van der Waals surface area contributed by atoms with Crippen LogP contribution in [0.25, 0.3) is 0 Å². The van der Waals surface area contributed by atoms with Crippen LogP contribution in [0.1, 0.15) is 42.2 Å². The van der Waals surface area contributed by atoms with Crippen LogP contribution in [0.15, 0.2) is 52.6 Å². The minimum absolute atomic E-state index is 0.00725. The van der Waals surface area contributed by atoms with Gasteiger partial charge in [-0.1, -0.05) is 35.5 Å². The zero-order valence-corrected chi connectivity index (χ0v) is 13.6. The molecule has 25 heavy (non-hydrogen) atoms. The number of oxime groups is 1. The largest absolute Gasteiger partial charge is 0.475 e. The maximum atomic E-state index is 13.9. The third-order valence-electron chi connectivity index (χ3n) is 4.34. The lowest BCUT2D eigenvalue weighted by atomic mass is 10.0. The van der Waals surface area contributed by atoms with E-state index in [2.05, 4.69) is 10.1 Å². The summed E-state index contributed by atoms with van der Waals surface area (Å²) in [4.78, 5) is 9.72. The van der Waals surface area contributed by atoms with Gasteiger partial charge in [0.2, 0.25) is 5.90 Å². The second kappa shape index (κ2) is 6.27. The first kappa shape index (κ1) is 15.7. The van der Waals surface area contributed by atoms with Gasteiger partial charge in [0.25, 0.3) is 0 Å². The molecule has 2 aromatic carbocycles. The fourth-order valence-corrected chi connectivity index (χ4v) is 2.99. The van der Waals surface area contributed by atoms with Crippen molar-refractivity contribution in [3.05, 3.63) is 70.8 Å². The molecule has 6 heteroatoms. The highest BCUT2D eigenvalue weighted by Gasteiger charge is 2.26. The van der Waals surface area contributed by atoms with Crippen LogP contribution in [-0.2, 0) is 9.57 Å². The lowest BCUT2D eigenvalue weighted by molar-refractivity contribution is 0.0857. The van der Waals surface area contributed by atoms with E-state index in [0.29, 0.717) is 0 Å². The molecule has 128 valence electrons. The van der Waals surface area contributed by atoms with E-state index in [1.54, 1.807) is 0 Å². The van der Waals surface area contributed by atoms with Crippen LogP contribution in [0.4, 0.5) is 8.78 Å². The van der Waals surface area contributed by atoms with Crippen molar-refractivity contribution in [2.24, 2.45) is 10.1 Å². The topological polar surface area (TPSA) is 43.2 Å². The van der Waals surface area contributed by atoms with E-state index >= 15 is 0 Å². The van der Waals surface area contributed by atoms with Crippen LogP contribution in [0, 0.1) is 11.6 Å². The Morgan fingerprint density at radius 1 is 1.00 bits per heavy atom. The molecule has 4 rings (SSSR count). The maximum Gasteiger partial charge on any atom is 0.222 e. The fourth-order valence-electron chi connectivity index (χ4n) is 2.99. The molecule has 2 atom stereocenters. The van der Waals surface area contributed by atoms with E-state index in [4.69, 9.17) is 9.57 Å². The standard InChI is InChI=1S/C19H16F2N2O2/c1-11-9-17(25-23-11)13-7-5-12(6-8-13)16-10-24-19(22-16)18-14(20)3-2-4-15(18)21/h2-8,16-17H,9-10H2,1H3. The van der Waals surface area contributed by atoms with Gasteiger partial charge >= 0.3 is 0 Å².